The van der Waals surface area contributed by atoms with Crippen LogP contribution < -0.4 is 16.2 Å². The van der Waals surface area contributed by atoms with E-state index in [2.05, 4.69) is 16.2 Å². The molecule has 0 unspecified atom stereocenters. The summed E-state index contributed by atoms with van der Waals surface area (Å²) in [6, 6.07) is 9.64. The summed E-state index contributed by atoms with van der Waals surface area (Å²) in [5.41, 5.74) is 7.02. The van der Waals surface area contributed by atoms with Gasteiger partial charge in [-0.1, -0.05) is 30.3 Å². The van der Waals surface area contributed by atoms with E-state index in [9.17, 15) is 4.79 Å². The smallest absolute Gasteiger partial charge is 0.407 e. The molecule has 0 saturated carbocycles. The minimum Gasteiger partial charge on any atom is -0.445 e. The van der Waals surface area contributed by atoms with E-state index in [1.54, 1.807) is 0 Å². The SMILES string of the molecule is O=C(NCC1CNNC1)OCc1ccccc1. The zero-order chi connectivity index (χ0) is 11.9. The molecule has 0 aromatic heterocycles. The number of carbonyl (C=O) groups is 1. The fraction of sp³-hybridized carbons (Fsp3) is 0.417. The molecule has 1 amide bonds. The third-order valence-electron chi connectivity index (χ3n) is 2.65. The topological polar surface area (TPSA) is 62.4 Å². The maximum Gasteiger partial charge on any atom is 0.407 e. The van der Waals surface area contributed by atoms with E-state index in [1.807, 2.05) is 30.3 Å². The first-order chi connectivity index (χ1) is 8.34. The second-order valence-electron chi connectivity index (χ2n) is 4.07. The molecular weight excluding hydrogens is 218 g/mol. The van der Waals surface area contributed by atoms with Crippen molar-refractivity contribution >= 4 is 6.09 Å². The maximum atomic E-state index is 11.4. The van der Waals surface area contributed by atoms with Crippen LogP contribution in [-0.2, 0) is 11.3 Å². The van der Waals surface area contributed by atoms with Gasteiger partial charge in [0.05, 0.1) is 0 Å². The van der Waals surface area contributed by atoms with Crippen LogP contribution in [0, 0.1) is 5.92 Å². The molecule has 1 fully saturated rings. The van der Waals surface area contributed by atoms with Crippen molar-refractivity contribution in [2.45, 2.75) is 6.61 Å². The average molecular weight is 235 g/mol. The number of carbonyl (C=O) groups excluding carboxylic acids is 1. The quantitative estimate of drug-likeness (QED) is 0.716. The number of alkyl carbamates (subject to hydrolysis) is 1. The lowest BCUT2D eigenvalue weighted by molar-refractivity contribution is 0.138. The van der Waals surface area contributed by atoms with Gasteiger partial charge < -0.3 is 10.1 Å². The Balaban J connectivity index is 1.64. The molecule has 0 bridgehead atoms. The molecule has 1 aliphatic heterocycles. The number of hydrogen-bond acceptors (Lipinski definition) is 4. The Hall–Kier alpha value is -1.59. The monoisotopic (exact) mass is 235 g/mol. The molecule has 1 aromatic rings. The number of hydrogen-bond donors (Lipinski definition) is 3. The van der Waals surface area contributed by atoms with Crippen molar-refractivity contribution in [3.8, 4) is 0 Å². The van der Waals surface area contributed by atoms with Gasteiger partial charge in [-0.2, -0.15) is 0 Å². The Bertz CT molecular complexity index is 350. The van der Waals surface area contributed by atoms with Crippen LogP contribution in [0.3, 0.4) is 0 Å². The molecule has 1 heterocycles. The van der Waals surface area contributed by atoms with Gasteiger partial charge in [0.1, 0.15) is 6.61 Å². The highest BCUT2D eigenvalue weighted by molar-refractivity contribution is 5.67. The zero-order valence-electron chi connectivity index (χ0n) is 9.61. The van der Waals surface area contributed by atoms with Gasteiger partial charge in [0.2, 0.25) is 0 Å². The molecule has 0 atom stereocenters. The van der Waals surface area contributed by atoms with Gasteiger partial charge in [0.25, 0.3) is 0 Å². The predicted octanol–water partition coefficient (Wildman–Crippen LogP) is 0.637. The number of rotatable bonds is 4. The zero-order valence-corrected chi connectivity index (χ0v) is 9.61. The molecule has 17 heavy (non-hydrogen) atoms. The maximum absolute atomic E-state index is 11.4. The number of nitrogens with one attached hydrogen (secondary N) is 3. The Morgan fingerprint density at radius 2 is 2.00 bits per heavy atom. The van der Waals surface area contributed by atoms with Crippen LogP contribution in [0.5, 0.6) is 0 Å². The van der Waals surface area contributed by atoms with Crippen LogP contribution in [0.2, 0.25) is 0 Å². The molecule has 1 aliphatic rings. The van der Waals surface area contributed by atoms with Crippen molar-refractivity contribution in [3.05, 3.63) is 35.9 Å². The highest BCUT2D eigenvalue weighted by atomic mass is 16.5. The second-order valence-corrected chi connectivity index (χ2v) is 4.07. The van der Waals surface area contributed by atoms with Crippen LogP contribution in [0.15, 0.2) is 30.3 Å². The lowest BCUT2D eigenvalue weighted by Crippen LogP contribution is -2.31. The van der Waals surface area contributed by atoms with E-state index in [4.69, 9.17) is 4.74 Å². The van der Waals surface area contributed by atoms with E-state index in [-0.39, 0.29) is 6.09 Å². The van der Waals surface area contributed by atoms with Gasteiger partial charge in [-0.05, 0) is 5.56 Å². The van der Waals surface area contributed by atoms with E-state index in [0.29, 0.717) is 19.1 Å². The lowest BCUT2D eigenvalue weighted by atomic mass is 10.2. The van der Waals surface area contributed by atoms with Gasteiger partial charge in [-0.15, -0.1) is 0 Å². The summed E-state index contributed by atoms with van der Waals surface area (Å²) >= 11 is 0. The summed E-state index contributed by atoms with van der Waals surface area (Å²) in [5.74, 6) is 0.430. The van der Waals surface area contributed by atoms with Gasteiger partial charge in [0, 0.05) is 25.6 Å². The van der Waals surface area contributed by atoms with Crippen molar-refractivity contribution in [1.29, 1.82) is 0 Å². The van der Waals surface area contributed by atoms with Gasteiger partial charge >= 0.3 is 6.09 Å². The van der Waals surface area contributed by atoms with E-state index in [1.165, 1.54) is 0 Å². The molecule has 2 rings (SSSR count). The molecule has 3 N–H and O–H groups in total. The molecule has 0 spiro atoms. The third kappa shape index (κ3) is 4.05. The third-order valence-corrected chi connectivity index (χ3v) is 2.65. The highest BCUT2D eigenvalue weighted by Gasteiger charge is 2.14. The number of amides is 1. The molecule has 0 aliphatic carbocycles. The summed E-state index contributed by atoms with van der Waals surface area (Å²) in [4.78, 5) is 11.4. The van der Waals surface area contributed by atoms with Crippen LogP contribution in [0.1, 0.15) is 5.56 Å². The first-order valence-electron chi connectivity index (χ1n) is 5.75. The number of ether oxygens (including phenoxy) is 1. The summed E-state index contributed by atoms with van der Waals surface area (Å²) < 4.78 is 5.10. The number of benzene rings is 1. The minimum absolute atomic E-state index is 0.313. The summed E-state index contributed by atoms with van der Waals surface area (Å²) in [5, 5.41) is 2.75. The minimum atomic E-state index is -0.360. The standard InChI is InChI=1S/C12H17N3O2/c16-12(13-6-11-7-14-15-8-11)17-9-10-4-2-1-3-5-10/h1-5,11,14-15H,6-9H2,(H,13,16). The fourth-order valence-corrected chi connectivity index (χ4v) is 1.65. The van der Waals surface area contributed by atoms with Crippen molar-refractivity contribution in [2.75, 3.05) is 19.6 Å². The lowest BCUT2D eigenvalue weighted by Gasteiger charge is -2.10. The van der Waals surface area contributed by atoms with E-state index >= 15 is 0 Å². The highest BCUT2D eigenvalue weighted by Crippen LogP contribution is 2.01. The Labute approximate surface area is 101 Å². The van der Waals surface area contributed by atoms with Gasteiger partial charge in [-0.25, -0.2) is 4.79 Å². The van der Waals surface area contributed by atoms with Gasteiger partial charge in [0.15, 0.2) is 0 Å². The van der Waals surface area contributed by atoms with E-state index < -0.39 is 0 Å². The van der Waals surface area contributed by atoms with E-state index in [0.717, 1.165) is 18.7 Å². The molecule has 5 nitrogen and oxygen atoms in total. The van der Waals surface area contributed by atoms with Crippen molar-refractivity contribution in [2.24, 2.45) is 5.92 Å². The first-order valence-corrected chi connectivity index (χ1v) is 5.75. The van der Waals surface area contributed by atoms with Crippen LogP contribution >= 0.6 is 0 Å². The van der Waals surface area contributed by atoms with Crippen LogP contribution in [0.25, 0.3) is 0 Å². The molecule has 92 valence electrons. The molecule has 5 heteroatoms. The van der Waals surface area contributed by atoms with Gasteiger partial charge in [-0.3, -0.25) is 10.9 Å². The average Bonchev–Trinajstić information content (AvgIpc) is 2.88. The molecule has 0 radical (unpaired) electrons. The second kappa shape index (κ2) is 6.22. The van der Waals surface area contributed by atoms with Crippen molar-refractivity contribution in [3.63, 3.8) is 0 Å². The fourth-order valence-electron chi connectivity index (χ4n) is 1.65. The Morgan fingerprint density at radius 1 is 1.29 bits per heavy atom. The predicted molar refractivity (Wildman–Crippen MR) is 64.1 cm³/mol. The largest absolute Gasteiger partial charge is 0.445 e. The molecular formula is C12H17N3O2. The Morgan fingerprint density at radius 3 is 2.71 bits per heavy atom. The van der Waals surface area contributed by atoms with Crippen molar-refractivity contribution < 1.29 is 9.53 Å². The van der Waals surface area contributed by atoms with Crippen LogP contribution in [-0.4, -0.2) is 25.7 Å². The first kappa shape index (κ1) is 11.9. The Kier molecular flexibility index (Phi) is 4.35. The normalized spacial score (nSPS) is 15.8. The number of hydrazine groups is 1. The summed E-state index contributed by atoms with van der Waals surface area (Å²) in [6.45, 7) is 2.69. The molecule has 1 saturated heterocycles. The van der Waals surface area contributed by atoms with Crippen molar-refractivity contribution in [1.82, 2.24) is 16.2 Å². The molecule has 1 aromatic carbocycles. The summed E-state index contributed by atoms with van der Waals surface area (Å²) in [7, 11) is 0. The van der Waals surface area contributed by atoms with Crippen LogP contribution in [0.4, 0.5) is 4.79 Å². The summed E-state index contributed by atoms with van der Waals surface area (Å²) in [6.07, 6.45) is -0.360.